The Bertz CT molecular complexity index is 523. The number of hydrogen-bond acceptors (Lipinski definition) is 4. The monoisotopic (exact) mass is 293 g/mol. The van der Waals surface area contributed by atoms with Gasteiger partial charge in [0.15, 0.2) is 6.61 Å². The molecule has 6 nitrogen and oxygen atoms in total. The molecule has 1 amide bonds. The molecule has 1 aromatic rings. The molecule has 1 fully saturated rings. The fourth-order valence-corrected chi connectivity index (χ4v) is 2.11. The van der Waals surface area contributed by atoms with Crippen molar-refractivity contribution in [3.8, 4) is 5.75 Å². The van der Waals surface area contributed by atoms with Gasteiger partial charge in [-0.25, -0.2) is 4.79 Å². The molecule has 2 N–H and O–H groups in total. The lowest BCUT2D eigenvalue weighted by atomic mass is 9.99. The maximum atomic E-state index is 12.3. The fraction of sp³-hybridized carbons (Fsp3) is 0.467. The Labute approximate surface area is 123 Å². The molecule has 0 radical (unpaired) electrons. The van der Waals surface area contributed by atoms with Gasteiger partial charge in [-0.1, -0.05) is 0 Å². The van der Waals surface area contributed by atoms with Crippen LogP contribution in [0.1, 0.15) is 19.8 Å². The van der Waals surface area contributed by atoms with E-state index in [4.69, 9.17) is 14.6 Å². The molecular weight excluding hydrogens is 274 g/mol. The first-order chi connectivity index (χ1) is 9.95. The van der Waals surface area contributed by atoms with Gasteiger partial charge in [-0.15, -0.1) is 0 Å². The second-order valence-electron chi connectivity index (χ2n) is 5.25. The van der Waals surface area contributed by atoms with E-state index in [1.54, 1.807) is 38.3 Å². The standard InChI is InChI=1S/C15H19NO5/c1-15(20-2,10-3-4-10)14(19)16-11-5-7-12(8-6-11)21-9-13(17)18/h5-8,10H,3-4,9H2,1-2H3,(H,16,19)(H,17,18). The maximum absolute atomic E-state index is 12.3. The molecule has 1 aromatic carbocycles. The molecule has 114 valence electrons. The normalized spacial score (nSPS) is 16.9. The Hall–Kier alpha value is -2.08. The van der Waals surface area contributed by atoms with Crippen molar-refractivity contribution in [3.63, 3.8) is 0 Å². The second-order valence-corrected chi connectivity index (χ2v) is 5.25. The number of anilines is 1. The lowest BCUT2D eigenvalue weighted by Gasteiger charge is -2.26. The van der Waals surface area contributed by atoms with Gasteiger partial charge in [-0.2, -0.15) is 0 Å². The lowest BCUT2D eigenvalue weighted by Crippen LogP contribution is -2.44. The van der Waals surface area contributed by atoms with Gasteiger partial charge in [0.2, 0.25) is 0 Å². The van der Waals surface area contributed by atoms with E-state index in [1.807, 2.05) is 0 Å². The van der Waals surface area contributed by atoms with E-state index < -0.39 is 18.2 Å². The first-order valence-corrected chi connectivity index (χ1v) is 6.77. The maximum Gasteiger partial charge on any atom is 0.341 e. The van der Waals surface area contributed by atoms with Gasteiger partial charge in [0.1, 0.15) is 11.4 Å². The van der Waals surface area contributed by atoms with Gasteiger partial charge in [-0.3, -0.25) is 4.79 Å². The molecule has 21 heavy (non-hydrogen) atoms. The average Bonchev–Trinajstić information content (AvgIpc) is 3.30. The molecule has 0 aromatic heterocycles. The molecule has 0 saturated heterocycles. The molecular formula is C15H19NO5. The highest BCUT2D eigenvalue weighted by atomic mass is 16.5. The van der Waals surface area contributed by atoms with Gasteiger partial charge < -0.3 is 19.9 Å². The first kappa shape index (κ1) is 15.3. The Morgan fingerprint density at radius 3 is 2.43 bits per heavy atom. The number of carbonyl (C=O) groups excluding carboxylic acids is 1. The fourth-order valence-electron chi connectivity index (χ4n) is 2.11. The predicted octanol–water partition coefficient (Wildman–Crippen LogP) is 1.90. The van der Waals surface area contributed by atoms with Crippen molar-refractivity contribution in [2.45, 2.75) is 25.4 Å². The molecule has 0 heterocycles. The number of carboxylic acids is 1. The quantitative estimate of drug-likeness (QED) is 0.802. The van der Waals surface area contributed by atoms with Crippen LogP contribution in [-0.2, 0) is 14.3 Å². The molecule has 1 atom stereocenters. The van der Waals surface area contributed by atoms with Crippen LogP contribution in [-0.4, -0.2) is 36.3 Å². The highest BCUT2D eigenvalue weighted by Gasteiger charge is 2.47. The zero-order valence-corrected chi connectivity index (χ0v) is 12.1. The topological polar surface area (TPSA) is 84.9 Å². The van der Waals surface area contributed by atoms with E-state index in [0.717, 1.165) is 12.8 Å². The summed E-state index contributed by atoms with van der Waals surface area (Å²) < 4.78 is 10.4. The number of carboxylic acid groups (broad SMARTS) is 1. The molecule has 0 bridgehead atoms. The van der Waals surface area contributed by atoms with Crippen LogP contribution in [0.25, 0.3) is 0 Å². The minimum atomic E-state index is -1.03. The summed E-state index contributed by atoms with van der Waals surface area (Å²) in [5, 5.41) is 11.3. The van der Waals surface area contributed by atoms with Crippen LogP contribution in [0.3, 0.4) is 0 Å². The summed E-state index contributed by atoms with van der Waals surface area (Å²) in [7, 11) is 1.54. The smallest absolute Gasteiger partial charge is 0.341 e. The van der Waals surface area contributed by atoms with Crippen molar-refractivity contribution in [3.05, 3.63) is 24.3 Å². The number of carbonyl (C=O) groups is 2. The summed E-state index contributed by atoms with van der Waals surface area (Å²) in [5.41, 5.74) is -0.190. The van der Waals surface area contributed by atoms with E-state index in [9.17, 15) is 9.59 Å². The summed E-state index contributed by atoms with van der Waals surface area (Å²) >= 11 is 0. The summed E-state index contributed by atoms with van der Waals surface area (Å²) in [6.07, 6.45) is 2.00. The zero-order valence-electron chi connectivity index (χ0n) is 12.1. The number of aliphatic carboxylic acids is 1. The van der Waals surface area contributed by atoms with Crippen LogP contribution in [0.4, 0.5) is 5.69 Å². The molecule has 0 spiro atoms. The largest absolute Gasteiger partial charge is 0.482 e. The van der Waals surface area contributed by atoms with Crippen LogP contribution < -0.4 is 10.1 Å². The van der Waals surface area contributed by atoms with E-state index >= 15 is 0 Å². The van der Waals surface area contributed by atoms with E-state index in [0.29, 0.717) is 11.4 Å². The van der Waals surface area contributed by atoms with Crippen LogP contribution in [0, 0.1) is 5.92 Å². The van der Waals surface area contributed by atoms with Crippen LogP contribution in [0.5, 0.6) is 5.75 Å². The van der Waals surface area contributed by atoms with Crippen molar-refractivity contribution >= 4 is 17.6 Å². The van der Waals surface area contributed by atoms with Gasteiger partial charge in [0.25, 0.3) is 5.91 Å². The number of amides is 1. The minimum absolute atomic E-state index is 0.174. The Balaban J connectivity index is 1.96. The van der Waals surface area contributed by atoms with Crippen molar-refractivity contribution < 1.29 is 24.2 Å². The molecule has 1 aliphatic rings. The molecule has 2 rings (SSSR count). The molecule has 1 saturated carbocycles. The summed E-state index contributed by atoms with van der Waals surface area (Å²) in [5.74, 6) is -0.507. The summed E-state index contributed by atoms with van der Waals surface area (Å²) in [4.78, 5) is 22.7. The van der Waals surface area contributed by atoms with Crippen LogP contribution in [0.15, 0.2) is 24.3 Å². The minimum Gasteiger partial charge on any atom is -0.482 e. The van der Waals surface area contributed by atoms with E-state index in [-0.39, 0.29) is 11.8 Å². The van der Waals surface area contributed by atoms with E-state index in [1.165, 1.54) is 0 Å². The highest BCUT2D eigenvalue weighted by molar-refractivity contribution is 5.97. The van der Waals surface area contributed by atoms with Crippen molar-refractivity contribution in [2.75, 3.05) is 19.0 Å². The summed E-state index contributed by atoms with van der Waals surface area (Å²) in [6.45, 7) is 1.40. The van der Waals surface area contributed by atoms with Gasteiger partial charge >= 0.3 is 5.97 Å². The lowest BCUT2D eigenvalue weighted by molar-refractivity contribution is -0.139. The molecule has 6 heteroatoms. The van der Waals surface area contributed by atoms with Crippen LogP contribution >= 0.6 is 0 Å². The predicted molar refractivity (Wildman–Crippen MR) is 76.3 cm³/mol. The van der Waals surface area contributed by atoms with E-state index in [2.05, 4.69) is 5.32 Å². The number of hydrogen-bond donors (Lipinski definition) is 2. The Kier molecular flexibility index (Phi) is 4.47. The van der Waals surface area contributed by atoms with Gasteiger partial charge in [0.05, 0.1) is 0 Å². The average molecular weight is 293 g/mol. The Morgan fingerprint density at radius 2 is 1.95 bits per heavy atom. The number of benzene rings is 1. The second kappa shape index (κ2) is 6.13. The molecule has 1 unspecified atom stereocenters. The third kappa shape index (κ3) is 3.72. The molecule has 1 aliphatic carbocycles. The zero-order chi connectivity index (χ0) is 15.5. The van der Waals surface area contributed by atoms with Crippen molar-refractivity contribution in [2.24, 2.45) is 5.92 Å². The molecule has 0 aliphatic heterocycles. The van der Waals surface area contributed by atoms with Gasteiger partial charge in [0, 0.05) is 12.8 Å². The number of ether oxygens (including phenoxy) is 2. The number of methoxy groups -OCH3 is 1. The highest BCUT2D eigenvalue weighted by Crippen LogP contribution is 2.42. The summed E-state index contributed by atoms with van der Waals surface area (Å²) in [6, 6.07) is 6.55. The van der Waals surface area contributed by atoms with Crippen molar-refractivity contribution in [1.29, 1.82) is 0 Å². The number of rotatable bonds is 7. The SMILES string of the molecule is COC(C)(C(=O)Nc1ccc(OCC(=O)O)cc1)C1CC1. The number of nitrogens with one attached hydrogen (secondary N) is 1. The first-order valence-electron chi connectivity index (χ1n) is 6.77. The van der Waals surface area contributed by atoms with Crippen LogP contribution in [0.2, 0.25) is 0 Å². The van der Waals surface area contributed by atoms with Crippen molar-refractivity contribution in [1.82, 2.24) is 0 Å². The van der Waals surface area contributed by atoms with Gasteiger partial charge in [-0.05, 0) is 49.9 Å². The third-order valence-corrected chi connectivity index (χ3v) is 3.71. The third-order valence-electron chi connectivity index (χ3n) is 3.71. The Morgan fingerprint density at radius 1 is 1.33 bits per heavy atom.